The molecule has 1 heterocycles. The number of pyridine rings is 1. The van der Waals surface area contributed by atoms with Gasteiger partial charge in [-0.15, -0.1) is 0 Å². The molecule has 0 N–H and O–H groups in total. The Morgan fingerprint density at radius 2 is 0.878 bits per heavy atom. The summed E-state index contributed by atoms with van der Waals surface area (Å²) in [5.41, 5.74) is 8.99. The van der Waals surface area contributed by atoms with Crippen molar-refractivity contribution in [1.82, 2.24) is 4.98 Å². The van der Waals surface area contributed by atoms with Crippen molar-refractivity contribution in [3.05, 3.63) is 126 Å². The van der Waals surface area contributed by atoms with Crippen LogP contribution < -0.4 is 10.6 Å². The van der Waals surface area contributed by atoms with Crippen LogP contribution in [0.3, 0.4) is 0 Å². The normalized spacial score (nSPS) is 13.5. The van der Waals surface area contributed by atoms with Gasteiger partial charge in [0.2, 0.25) is 0 Å². The average molecular weight is 558 g/mol. The topological polar surface area (TPSA) is 30.0 Å². The van der Waals surface area contributed by atoms with Crippen LogP contribution in [0.4, 0.5) is 0 Å². The molecule has 4 aromatic carbocycles. The van der Waals surface area contributed by atoms with Crippen LogP contribution in [0.15, 0.2) is 115 Å². The maximum absolute atomic E-state index is 13.7. The van der Waals surface area contributed by atoms with Crippen molar-refractivity contribution in [2.24, 2.45) is 0 Å². The maximum Gasteiger partial charge on any atom is 0.140 e. The van der Waals surface area contributed by atoms with E-state index < -0.39 is 7.14 Å². The molecule has 0 saturated heterocycles. The molecule has 1 atom stereocenters. The van der Waals surface area contributed by atoms with Crippen molar-refractivity contribution < 1.29 is 4.57 Å². The fraction of sp³-hybridized carbons (Fsp3) is 0.237. The molecule has 1 unspecified atom stereocenters. The Labute approximate surface area is 245 Å². The maximum atomic E-state index is 13.7. The molecule has 3 heteroatoms. The molecular weight excluding hydrogens is 517 g/mol. The van der Waals surface area contributed by atoms with Gasteiger partial charge in [0.25, 0.3) is 0 Å². The zero-order chi connectivity index (χ0) is 29.4. The van der Waals surface area contributed by atoms with Crippen LogP contribution in [0, 0.1) is 0 Å². The summed E-state index contributed by atoms with van der Waals surface area (Å²) in [7, 11) is -2.67. The molecule has 0 bridgehead atoms. The van der Waals surface area contributed by atoms with Crippen molar-refractivity contribution in [2.45, 2.75) is 52.4 Å². The van der Waals surface area contributed by atoms with E-state index in [0.29, 0.717) is 0 Å². The fourth-order valence-electron chi connectivity index (χ4n) is 5.07. The van der Waals surface area contributed by atoms with Crippen LogP contribution in [0.25, 0.3) is 33.6 Å². The Morgan fingerprint density at radius 1 is 0.488 bits per heavy atom. The van der Waals surface area contributed by atoms with Crippen LogP contribution in [0.1, 0.15) is 52.7 Å². The van der Waals surface area contributed by atoms with E-state index in [-0.39, 0.29) is 10.8 Å². The molecule has 0 aliphatic rings. The highest BCUT2D eigenvalue weighted by Gasteiger charge is 2.21. The van der Waals surface area contributed by atoms with Crippen molar-refractivity contribution >= 4 is 17.8 Å². The lowest BCUT2D eigenvalue weighted by molar-refractivity contribution is 0.590. The molecule has 0 spiro atoms. The number of hydrogen-bond donors (Lipinski definition) is 0. The van der Waals surface area contributed by atoms with Crippen LogP contribution in [-0.4, -0.2) is 11.6 Å². The van der Waals surface area contributed by atoms with E-state index in [1.54, 1.807) is 0 Å². The molecule has 0 aliphatic carbocycles. The lowest BCUT2D eigenvalue weighted by Crippen LogP contribution is -2.14. The van der Waals surface area contributed by atoms with Gasteiger partial charge in [-0.25, -0.2) is 4.98 Å². The lowest BCUT2D eigenvalue weighted by atomic mass is 9.86. The molecule has 5 aromatic rings. The molecular formula is C38H40NOP. The van der Waals surface area contributed by atoms with Gasteiger partial charge >= 0.3 is 0 Å². The molecule has 0 fully saturated rings. The summed E-state index contributed by atoms with van der Waals surface area (Å²) in [5, 5.41) is 1.73. The van der Waals surface area contributed by atoms with Crippen LogP contribution >= 0.6 is 7.14 Å². The first-order chi connectivity index (χ1) is 19.3. The van der Waals surface area contributed by atoms with Gasteiger partial charge in [0, 0.05) is 21.7 Å². The van der Waals surface area contributed by atoms with Crippen molar-refractivity contribution in [3.8, 4) is 33.6 Å². The molecule has 1 aromatic heterocycles. The summed E-state index contributed by atoms with van der Waals surface area (Å²) in [6.07, 6.45) is 0. The zero-order valence-electron chi connectivity index (χ0n) is 25.3. The van der Waals surface area contributed by atoms with Gasteiger partial charge in [0.1, 0.15) is 7.14 Å². The molecule has 0 amide bonds. The van der Waals surface area contributed by atoms with Gasteiger partial charge in [-0.2, -0.15) is 0 Å². The second-order valence-electron chi connectivity index (χ2n) is 13.1. The first kappa shape index (κ1) is 28.8. The molecule has 41 heavy (non-hydrogen) atoms. The van der Waals surface area contributed by atoms with Gasteiger partial charge in [0.05, 0.1) is 11.4 Å². The monoisotopic (exact) mass is 557 g/mol. The van der Waals surface area contributed by atoms with E-state index in [2.05, 4.69) is 114 Å². The third-order valence-corrected chi connectivity index (χ3v) is 10.4. The highest BCUT2D eigenvalue weighted by atomic mass is 31.2. The SMILES string of the molecule is CC(C)(C)c1ccc(-c2cc(-c3ccc(P(C)(=O)c4ccccc4)cc3)cc(-c3ccc(C(C)(C)C)cc3)n2)cc1. The van der Waals surface area contributed by atoms with Crippen molar-refractivity contribution in [3.63, 3.8) is 0 Å². The summed E-state index contributed by atoms with van der Waals surface area (Å²) in [6.45, 7) is 15.2. The van der Waals surface area contributed by atoms with Gasteiger partial charge in [-0.05, 0) is 51.9 Å². The summed E-state index contributed by atoms with van der Waals surface area (Å²) in [4.78, 5) is 5.14. The quantitative estimate of drug-likeness (QED) is 0.201. The Kier molecular flexibility index (Phi) is 7.66. The first-order valence-electron chi connectivity index (χ1n) is 14.3. The third-order valence-electron chi connectivity index (χ3n) is 7.86. The Morgan fingerprint density at radius 3 is 1.29 bits per heavy atom. The average Bonchev–Trinajstić information content (AvgIpc) is 2.97. The smallest absolute Gasteiger partial charge is 0.140 e. The van der Waals surface area contributed by atoms with Crippen LogP contribution in [-0.2, 0) is 15.4 Å². The van der Waals surface area contributed by atoms with E-state index in [1.807, 2.05) is 49.1 Å². The van der Waals surface area contributed by atoms with Gasteiger partial charge in [0.15, 0.2) is 0 Å². The third kappa shape index (κ3) is 6.29. The minimum atomic E-state index is -2.67. The Balaban J connectivity index is 1.58. The number of nitrogens with zero attached hydrogens (tertiary/aromatic N) is 1. The highest BCUT2D eigenvalue weighted by molar-refractivity contribution is 7.78. The summed E-state index contributed by atoms with van der Waals surface area (Å²) in [5.74, 6) is 0. The summed E-state index contributed by atoms with van der Waals surface area (Å²) >= 11 is 0. The standard InChI is InChI=1S/C38H40NOP/c1-37(2,3)31-19-13-28(14-20-31)35-25-30(26-36(39-35)29-15-21-32(22-16-29)38(4,5)6)27-17-23-34(24-18-27)41(7,40)33-11-9-8-10-12-33/h8-26H,1-7H3. The van der Waals surface area contributed by atoms with Crippen molar-refractivity contribution in [2.75, 3.05) is 6.66 Å². The zero-order valence-corrected chi connectivity index (χ0v) is 26.2. The largest absolute Gasteiger partial charge is 0.314 e. The molecule has 0 saturated carbocycles. The van der Waals surface area contributed by atoms with Crippen molar-refractivity contribution in [1.29, 1.82) is 0 Å². The molecule has 5 rings (SSSR count). The highest BCUT2D eigenvalue weighted by Crippen LogP contribution is 2.39. The predicted octanol–water partition coefficient (Wildman–Crippen LogP) is 9.62. The molecule has 2 nitrogen and oxygen atoms in total. The Hall–Kier alpha value is -3.74. The number of aromatic nitrogens is 1. The summed E-state index contributed by atoms with van der Waals surface area (Å²) in [6, 6.07) is 39.8. The number of benzene rings is 4. The minimum Gasteiger partial charge on any atom is -0.314 e. The van der Waals surface area contributed by atoms with E-state index in [9.17, 15) is 4.57 Å². The van der Waals surface area contributed by atoms with E-state index >= 15 is 0 Å². The van der Waals surface area contributed by atoms with Gasteiger partial charge in [-0.3, -0.25) is 0 Å². The van der Waals surface area contributed by atoms with Gasteiger partial charge < -0.3 is 4.57 Å². The molecule has 0 aliphatic heterocycles. The fourth-order valence-corrected chi connectivity index (χ4v) is 6.83. The first-order valence-corrected chi connectivity index (χ1v) is 16.5. The van der Waals surface area contributed by atoms with E-state index in [4.69, 9.17) is 4.98 Å². The van der Waals surface area contributed by atoms with E-state index in [1.165, 1.54) is 11.1 Å². The van der Waals surface area contributed by atoms with Gasteiger partial charge in [-0.1, -0.05) is 145 Å². The second kappa shape index (κ2) is 10.9. The second-order valence-corrected chi connectivity index (χ2v) is 16.0. The predicted molar refractivity (Wildman–Crippen MR) is 177 cm³/mol. The summed E-state index contributed by atoms with van der Waals surface area (Å²) < 4.78 is 13.7. The van der Waals surface area contributed by atoms with Crippen LogP contribution in [0.5, 0.6) is 0 Å². The molecule has 208 valence electrons. The van der Waals surface area contributed by atoms with Crippen LogP contribution in [0.2, 0.25) is 0 Å². The minimum absolute atomic E-state index is 0.0912. The van der Waals surface area contributed by atoms with E-state index in [0.717, 1.165) is 44.3 Å². The lowest BCUT2D eigenvalue weighted by Gasteiger charge is -2.20. The number of hydrogen-bond acceptors (Lipinski definition) is 2. The Bertz CT molecular complexity index is 1610. The number of rotatable bonds is 5. The molecule has 0 radical (unpaired) electrons.